The van der Waals surface area contributed by atoms with Gasteiger partial charge in [-0.15, -0.1) is 0 Å². The van der Waals surface area contributed by atoms with Crippen molar-refractivity contribution in [3.63, 3.8) is 0 Å². The number of hydrogen-bond donors (Lipinski definition) is 1. The molecule has 28 heavy (non-hydrogen) atoms. The second kappa shape index (κ2) is 8.17. The number of halogens is 1. The van der Waals surface area contributed by atoms with Gasteiger partial charge in [-0.05, 0) is 97.5 Å². The summed E-state index contributed by atoms with van der Waals surface area (Å²) in [6.45, 7) is 2.61. The van der Waals surface area contributed by atoms with Crippen molar-refractivity contribution in [1.29, 1.82) is 0 Å². The van der Waals surface area contributed by atoms with Crippen LogP contribution in [0.3, 0.4) is 0 Å². The Bertz CT molecular complexity index is 846. The van der Waals surface area contributed by atoms with Crippen molar-refractivity contribution in [3.8, 4) is 5.75 Å². The normalized spacial score (nSPS) is 26.5. The molecule has 4 heteroatoms. The maximum atomic E-state index is 6.04. The van der Waals surface area contributed by atoms with Gasteiger partial charge >= 0.3 is 0 Å². The average molecular weight is 442 g/mol. The lowest BCUT2D eigenvalue weighted by molar-refractivity contribution is 0.0679. The Kier molecular flexibility index (Phi) is 5.45. The molecule has 2 heterocycles. The Balaban J connectivity index is 1.31. The lowest BCUT2D eigenvalue weighted by atomic mass is 9.76. The third kappa shape index (κ3) is 3.87. The van der Waals surface area contributed by atoms with E-state index in [1.807, 2.05) is 0 Å². The zero-order valence-electron chi connectivity index (χ0n) is 16.3. The van der Waals surface area contributed by atoms with E-state index >= 15 is 0 Å². The monoisotopic (exact) mass is 441 g/mol. The molecule has 0 saturated carbocycles. The molecule has 0 amide bonds. The lowest BCUT2D eigenvalue weighted by Crippen LogP contribution is -2.37. The van der Waals surface area contributed by atoms with Gasteiger partial charge in [0.15, 0.2) is 0 Å². The third-order valence-corrected chi connectivity index (χ3v) is 7.07. The summed E-state index contributed by atoms with van der Waals surface area (Å²) in [5, 5.41) is 3.81. The third-order valence-electron chi connectivity index (χ3n) is 6.57. The Morgan fingerprint density at radius 3 is 2.89 bits per heavy atom. The summed E-state index contributed by atoms with van der Waals surface area (Å²) in [4.78, 5) is 0. The Hall–Kier alpha value is -1.36. The van der Waals surface area contributed by atoms with Crippen LogP contribution in [-0.4, -0.2) is 25.9 Å². The van der Waals surface area contributed by atoms with Gasteiger partial charge in [-0.1, -0.05) is 28.1 Å². The molecule has 1 N–H and O–H groups in total. The van der Waals surface area contributed by atoms with Gasteiger partial charge in [-0.25, -0.2) is 0 Å². The molecule has 1 aliphatic carbocycles. The van der Waals surface area contributed by atoms with Crippen LogP contribution in [0.4, 0.5) is 0 Å². The predicted octanol–water partition coefficient (Wildman–Crippen LogP) is 5.00. The van der Waals surface area contributed by atoms with Crippen molar-refractivity contribution in [2.24, 2.45) is 5.92 Å². The molecule has 1 unspecified atom stereocenters. The molecule has 2 aromatic carbocycles. The first-order valence-electron chi connectivity index (χ1n) is 10.6. The van der Waals surface area contributed by atoms with E-state index in [0.717, 1.165) is 44.6 Å². The maximum Gasteiger partial charge on any atom is 0.119 e. The number of hydrogen-bond acceptors (Lipinski definition) is 3. The molecule has 0 radical (unpaired) electrons. The van der Waals surface area contributed by atoms with Crippen LogP contribution < -0.4 is 10.1 Å². The molecule has 5 rings (SSSR count). The molecule has 0 spiro atoms. The fourth-order valence-electron chi connectivity index (χ4n) is 5.09. The predicted molar refractivity (Wildman–Crippen MR) is 115 cm³/mol. The van der Waals surface area contributed by atoms with Crippen LogP contribution in [0.2, 0.25) is 0 Å². The molecule has 1 saturated heterocycles. The second-order valence-electron chi connectivity index (χ2n) is 8.40. The van der Waals surface area contributed by atoms with Gasteiger partial charge in [0.1, 0.15) is 12.4 Å². The largest absolute Gasteiger partial charge is 0.491 e. The van der Waals surface area contributed by atoms with E-state index in [1.54, 1.807) is 0 Å². The summed E-state index contributed by atoms with van der Waals surface area (Å²) in [5.41, 5.74) is 5.96. The van der Waals surface area contributed by atoms with E-state index in [9.17, 15) is 0 Å². The van der Waals surface area contributed by atoms with Gasteiger partial charge in [0, 0.05) is 17.1 Å². The number of rotatable bonds is 4. The molecule has 0 bridgehead atoms. The molecule has 3 atom stereocenters. The zero-order valence-corrected chi connectivity index (χ0v) is 17.8. The Labute approximate surface area is 175 Å². The summed E-state index contributed by atoms with van der Waals surface area (Å²) in [6, 6.07) is 14.0. The Morgan fingerprint density at radius 1 is 1.04 bits per heavy atom. The number of nitrogens with one attached hydrogen (secondary N) is 1. The van der Waals surface area contributed by atoms with Gasteiger partial charge in [0.25, 0.3) is 0 Å². The SMILES string of the molecule is Brc1ccc2c(c1)CCC([C@@H]1NCCc3cc(OC[C@@H]4CCCO4)ccc31)C2. The van der Waals surface area contributed by atoms with Crippen molar-refractivity contribution >= 4 is 15.9 Å². The number of benzene rings is 2. The van der Waals surface area contributed by atoms with Crippen LogP contribution in [-0.2, 0) is 24.0 Å². The van der Waals surface area contributed by atoms with Crippen LogP contribution in [0.5, 0.6) is 5.75 Å². The van der Waals surface area contributed by atoms with Crippen molar-refractivity contribution in [2.45, 2.75) is 50.7 Å². The molecular weight excluding hydrogens is 414 g/mol. The highest BCUT2D eigenvalue weighted by Gasteiger charge is 2.30. The minimum absolute atomic E-state index is 0.271. The number of aryl methyl sites for hydroxylation is 1. The molecule has 2 aliphatic heterocycles. The van der Waals surface area contributed by atoms with Crippen LogP contribution in [0.15, 0.2) is 40.9 Å². The summed E-state index contributed by atoms with van der Waals surface area (Å²) in [5.74, 6) is 1.65. The van der Waals surface area contributed by atoms with Crippen molar-refractivity contribution in [1.82, 2.24) is 5.32 Å². The Morgan fingerprint density at radius 2 is 2.00 bits per heavy atom. The first kappa shape index (κ1) is 18.7. The summed E-state index contributed by atoms with van der Waals surface area (Å²) < 4.78 is 12.9. The highest BCUT2D eigenvalue weighted by molar-refractivity contribution is 9.10. The second-order valence-corrected chi connectivity index (χ2v) is 9.32. The minimum atomic E-state index is 0.271. The molecule has 148 valence electrons. The quantitative estimate of drug-likeness (QED) is 0.723. The highest BCUT2D eigenvalue weighted by atomic mass is 79.9. The molecule has 2 aromatic rings. The lowest BCUT2D eigenvalue weighted by Gasteiger charge is -2.36. The molecule has 3 nitrogen and oxygen atoms in total. The highest BCUT2D eigenvalue weighted by Crippen LogP contribution is 2.38. The van der Waals surface area contributed by atoms with E-state index in [4.69, 9.17) is 9.47 Å². The van der Waals surface area contributed by atoms with Crippen molar-refractivity contribution in [3.05, 3.63) is 63.1 Å². The van der Waals surface area contributed by atoms with Crippen LogP contribution in [0, 0.1) is 5.92 Å². The van der Waals surface area contributed by atoms with Crippen molar-refractivity contribution in [2.75, 3.05) is 19.8 Å². The summed E-state index contributed by atoms with van der Waals surface area (Å²) in [6.07, 6.45) is 7.22. The van der Waals surface area contributed by atoms with E-state index in [2.05, 4.69) is 57.6 Å². The first-order chi connectivity index (χ1) is 13.8. The number of fused-ring (bicyclic) bond motifs is 2. The van der Waals surface area contributed by atoms with E-state index < -0.39 is 0 Å². The fourth-order valence-corrected chi connectivity index (χ4v) is 5.49. The van der Waals surface area contributed by atoms with Gasteiger partial charge in [-0.3, -0.25) is 0 Å². The first-order valence-corrected chi connectivity index (χ1v) is 11.4. The van der Waals surface area contributed by atoms with E-state index in [1.165, 1.54) is 39.6 Å². The molecule has 3 aliphatic rings. The molecule has 0 aromatic heterocycles. The van der Waals surface area contributed by atoms with E-state index in [-0.39, 0.29) is 6.10 Å². The fraction of sp³-hybridized carbons (Fsp3) is 0.500. The molecular formula is C24H28BrNO2. The maximum absolute atomic E-state index is 6.04. The average Bonchev–Trinajstić information content (AvgIpc) is 3.25. The van der Waals surface area contributed by atoms with Crippen LogP contribution >= 0.6 is 15.9 Å². The van der Waals surface area contributed by atoms with Crippen LogP contribution in [0.1, 0.15) is 47.6 Å². The summed E-state index contributed by atoms with van der Waals surface area (Å²) >= 11 is 3.61. The number of ether oxygens (including phenoxy) is 2. The van der Waals surface area contributed by atoms with Gasteiger partial charge in [-0.2, -0.15) is 0 Å². The molecule has 1 fully saturated rings. The van der Waals surface area contributed by atoms with Crippen LogP contribution in [0.25, 0.3) is 0 Å². The summed E-state index contributed by atoms with van der Waals surface area (Å²) in [7, 11) is 0. The smallest absolute Gasteiger partial charge is 0.119 e. The zero-order chi connectivity index (χ0) is 18.9. The van der Waals surface area contributed by atoms with Gasteiger partial charge < -0.3 is 14.8 Å². The van der Waals surface area contributed by atoms with Crippen molar-refractivity contribution < 1.29 is 9.47 Å². The topological polar surface area (TPSA) is 30.5 Å². The minimum Gasteiger partial charge on any atom is -0.491 e. The van der Waals surface area contributed by atoms with Gasteiger partial charge in [0.05, 0.1) is 6.10 Å². The van der Waals surface area contributed by atoms with Gasteiger partial charge in [0.2, 0.25) is 0 Å². The van der Waals surface area contributed by atoms with E-state index in [0.29, 0.717) is 18.6 Å². The standard InChI is InChI=1S/C24H28BrNO2/c25-20-6-5-16-12-19(4-3-17(16)13-20)24-23-8-7-21(14-18(23)9-10-26-24)28-15-22-2-1-11-27-22/h5-8,13-14,19,22,24,26H,1-4,9-12,15H2/t19?,22-,24-/m0/s1.